The Balaban J connectivity index is 1.70. The van der Waals surface area contributed by atoms with Gasteiger partial charge >= 0.3 is 5.69 Å². The first-order valence-corrected chi connectivity index (χ1v) is 11.3. The standard InChI is InChI=1S/C23H26N4O2S/c1-4-18-15-30-22(24-17-10-8-9-16(3)13-17)27(18)21(28)14-26-20-12-7-6-11-19(20)25(5-2)23(26)29/h6-13,18H,4-5,14-15H2,1-3H3. The van der Waals surface area contributed by atoms with Crippen molar-refractivity contribution in [2.75, 3.05) is 5.75 Å². The highest BCUT2D eigenvalue weighted by Gasteiger charge is 2.34. The molecule has 1 amide bonds. The molecule has 156 valence electrons. The number of amidine groups is 1. The van der Waals surface area contributed by atoms with Crippen LogP contribution in [0.15, 0.2) is 58.3 Å². The molecule has 1 unspecified atom stereocenters. The van der Waals surface area contributed by atoms with E-state index in [0.717, 1.165) is 34.5 Å². The first-order chi connectivity index (χ1) is 14.5. The molecule has 3 aromatic rings. The summed E-state index contributed by atoms with van der Waals surface area (Å²) in [6.45, 7) is 6.63. The van der Waals surface area contributed by atoms with Crippen LogP contribution in [-0.2, 0) is 17.9 Å². The molecule has 2 heterocycles. The zero-order valence-electron chi connectivity index (χ0n) is 17.5. The van der Waals surface area contributed by atoms with E-state index >= 15 is 0 Å². The normalized spacial score (nSPS) is 17.9. The van der Waals surface area contributed by atoms with Gasteiger partial charge in [-0.05, 0) is 50.1 Å². The lowest BCUT2D eigenvalue weighted by molar-refractivity contribution is -0.129. The molecule has 2 aromatic carbocycles. The average molecular weight is 423 g/mol. The van der Waals surface area contributed by atoms with Gasteiger partial charge in [0, 0.05) is 18.3 Å². The van der Waals surface area contributed by atoms with Gasteiger partial charge in [0.25, 0.3) is 0 Å². The molecule has 1 atom stereocenters. The number of amides is 1. The van der Waals surface area contributed by atoms with Crippen LogP contribution in [0, 0.1) is 6.92 Å². The molecule has 0 saturated carbocycles. The molecule has 0 aliphatic carbocycles. The van der Waals surface area contributed by atoms with Crippen LogP contribution in [-0.4, -0.2) is 36.9 Å². The van der Waals surface area contributed by atoms with Crippen molar-refractivity contribution in [2.24, 2.45) is 4.99 Å². The van der Waals surface area contributed by atoms with Gasteiger partial charge in [-0.2, -0.15) is 0 Å². The van der Waals surface area contributed by atoms with Crippen molar-refractivity contribution in [1.82, 2.24) is 14.0 Å². The van der Waals surface area contributed by atoms with E-state index in [4.69, 9.17) is 4.99 Å². The Bertz CT molecular complexity index is 1180. The summed E-state index contributed by atoms with van der Waals surface area (Å²) in [4.78, 5) is 32.9. The summed E-state index contributed by atoms with van der Waals surface area (Å²) in [6.07, 6.45) is 0.844. The van der Waals surface area contributed by atoms with Crippen molar-refractivity contribution in [3.63, 3.8) is 0 Å². The number of aryl methyl sites for hydroxylation is 2. The van der Waals surface area contributed by atoms with E-state index in [1.807, 2.05) is 62.4 Å². The van der Waals surface area contributed by atoms with Crippen LogP contribution in [0.2, 0.25) is 0 Å². The molecule has 1 saturated heterocycles. The van der Waals surface area contributed by atoms with Gasteiger partial charge in [0.2, 0.25) is 5.91 Å². The second kappa shape index (κ2) is 8.52. The summed E-state index contributed by atoms with van der Waals surface area (Å²) in [7, 11) is 0. The van der Waals surface area contributed by atoms with Crippen molar-refractivity contribution in [1.29, 1.82) is 0 Å². The predicted molar refractivity (Wildman–Crippen MR) is 124 cm³/mol. The molecule has 7 heteroatoms. The maximum absolute atomic E-state index is 13.4. The molecule has 30 heavy (non-hydrogen) atoms. The van der Waals surface area contributed by atoms with Crippen molar-refractivity contribution in [2.45, 2.75) is 46.3 Å². The van der Waals surface area contributed by atoms with Crippen molar-refractivity contribution in [3.8, 4) is 0 Å². The lowest BCUT2D eigenvalue weighted by Crippen LogP contribution is -2.42. The third-order valence-electron chi connectivity index (χ3n) is 5.48. The average Bonchev–Trinajstić information content (AvgIpc) is 3.26. The van der Waals surface area contributed by atoms with Gasteiger partial charge in [-0.3, -0.25) is 18.8 Å². The lowest BCUT2D eigenvalue weighted by Gasteiger charge is -2.23. The number of imidazole rings is 1. The summed E-state index contributed by atoms with van der Waals surface area (Å²) in [6, 6.07) is 15.7. The summed E-state index contributed by atoms with van der Waals surface area (Å²) in [5, 5.41) is 0.713. The third-order valence-corrected chi connectivity index (χ3v) is 6.57. The number of aliphatic imine (C=N–C) groups is 1. The number of carbonyl (C=O) groups excluding carboxylic acids is 1. The Morgan fingerprint density at radius 1 is 1.10 bits per heavy atom. The first-order valence-electron chi connectivity index (χ1n) is 10.3. The van der Waals surface area contributed by atoms with Gasteiger partial charge in [0.05, 0.1) is 16.7 Å². The van der Waals surface area contributed by atoms with Crippen LogP contribution in [0.5, 0.6) is 0 Å². The van der Waals surface area contributed by atoms with Gasteiger partial charge in [0.1, 0.15) is 6.54 Å². The smallest absolute Gasteiger partial charge is 0.292 e. The summed E-state index contributed by atoms with van der Waals surface area (Å²) < 4.78 is 3.29. The fourth-order valence-electron chi connectivity index (χ4n) is 3.92. The molecule has 0 spiro atoms. The van der Waals surface area contributed by atoms with E-state index in [9.17, 15) is 9.59 Å². The van der Waals surface area contributed by atoms with Gasteiger partial charge < -0.3 is 0 Å². The molecule has 0 radical (unpaired) electrons. The zero-order valence-corrected chi connectivity index (χ0v) is 18.4. The van der Waals surface area contributed by atoms with Crippen LogP contribution in [0.25, 0.3) is 11.0 Å². The molecule has 6 nitrogen and oxygen atoms in total. The monoisotopic (exact) mass is 422 g/mol. The maximum Gasteiger partial charge on any atom is 0.329 e. The number of aromatic nitrogens is 2. The summed E-state index contributed by atoms with van der Waals surface area (Å²) >= 11 is 1.60. The van der Waals surface area contributed by atoms with E-state index in [-0.39, 0.29) is 24.2 Å². The Hall–Kier alpha value is -2.80. The maximum atomic E-state index is 13.4. The van der Waals surface area contributed by atoms with Crippen LogP contribution in [0.4, 0.5) is 5.69 Å². The van der Waals surface area contributed by atoms with Crippen LogP contribution >= 0.6 is 11.8 Å². The number of fused-ring (bicyclic) bond motifs is 1. The fraction of sp³-hybridized carbons (Fsp3) is 0.348. The third kappa shape index (κ3) is 3.69. The second-order valence-corrected chi connectivity index (χ2v) is 8.46. The highest BCUT2D eigenvalue weighted by Crippen LogP contribution is 2.29. The topological polar surface area (TPSA) is 59.6 Å². The number of benzene rings is 2. The molecule has 1 aromatic heterocycles. The molecule has 0 bridgehead atoms. The van der Waals surface area contributed by atoms with Gasteiger partial charge in [0.15, 0.2) is 5.17 Å². The van der Waals surface area contributed by atoms with Crippen molar-refractivity contribution in [3.05, 3.63) is 64.6 Å². The van der Waals surface area contributed by atoms with E-state index in [1.54, 1.807) is 25.8 Å². The molecule has 1 aliphatic rings. The lowest BCUT2D eigenvalue weighted by atomic mass is 10.2. The molecule has 1 fully saturated rings. The van der Waals surface area contributed by atoms with E-state index in [0.29, 0.717) is 11.7 Å². The minimum atomic E-state index is -0.149. The van der Waals surface area contributed by atoms with Crippen LogP contribution < -0.4 is 5.69 Å². The van der Waals surface area contributed by atoms with Gasteiger partial charge in [-0.1, -0.05) is 43.0 Å². The van der Waals surface area contributed by atoms with Gasteiger partial charge in [-0.15, -0.1) is 0 Å². The number of nitrogens with zero attached hydrogens (tertiary/aromatic N) is 4. The summed E-state index contributed by atoms with van der Waals surface area (Å²) in [5.74, 6) is 0.720. The number of thioether (sulfide) groups is 1. The first kappa shape index (κ1) is 20.5. The van der Waals surface area contributed by atoms with Gasteiger partial charge in [-0.25, -0.2) is 9.79 Å². The molecule has 0 N–H and O–H groups in total. The largest absolute Gasteiger partial charge is 0.329 e. The Labute approximate surface area is 180 Å². The number of para-hydroxylation sites is 2. The Morgan fingerprint density at radius 3 is 2.50 bits per heavy atom. The molecule has 1 aliphatic heterocycles. The quantitative estimate of drug-likeness (QED) is 0.620. The highest BCUT2D eigenvalue weighted by atomic mass is 32.2. The van der Waals surface area contributed by atoms with Crippen LogP contribution in [0.3, 0.4) is 0 Å². The Kier molecular flexibility index (Phi) is 5.81. The van der Waals surface area contributed by atoms with Crippen LogP contribution in [0.1, 0.15) is 25.8 Å². The van der Waals surface area contributed by atoms with E-state index < -0.39 is 0 Å². The minimum Gasteiger partial charge on any atom is -0.292 e. The zero-order chi connectivity index (χ0) is 21.3. The SMILES string of the molecule is CCC1CSC(=Nc2cccc(C)c2)N1C(=O)Cn1c(=O)n(CC)c2ccccc21. The molecule has 4 rings (SSSR count). The number of hydrogen-bond donors (Lipinski definition) is 0. The van der Waals surface area contributed by atoms with Crippen molar-refractivity contribution >= 4 is 39.6 Å². The number of carbonyl (C=O) groups is 1. The van der Waals surface area contributed by atoms with E-state index in [1.165, 1.54) is 0 Å². The fourth-order valence-corrected chi connectivity index (χ4v) is 5.20. The minimum absolute atomic E-state index is 0.0102. The molecular formula is C23H26N4O2S. The predicted octanol–water partition coefficient (Wildman–Crippen LogP) is 4.17. The highest BCUT2D eigenvalue weighted by molar-refractivity contribution is 8.14. The van der Waals surface area contributed by atoms with E-state index in [2.05, 4.69) is 6.92 Å². The number of rotatable bonds is 5. The summed E-state index contributed by atoms with van der Waals surface area (Å²) in [5.41, 5.74) is 3.46. The second-order valence-electron chi connectivity index (χ2n) is 7.47. The number of hydrogen-bond acceptors (Lipinski definition) is 4. The molecular weight excluding hydrogens is 396 g/mol. The Morgan fingerprint density at radius 2 is 1.83 bits per heavy atom. The van der Waals surface area contributed by atoms with Crippen molar-refractivity contribution < 1.29 is 4.79 Å².